The largest absolute Gasteiger partial charge is 0.489 e. The maximum atomic E-state index is 13.9. The summed E-state index contributed by atoms with van der Waals surface area (Å²) < 4.78 is 38.3. The first-order valence-electron chi connectivity index (χ1n) is 11.5. The summed E-state index contributed by atoms with van der Waals surface area (Å²) in [6.45, 7) is 5.93. The number of benzene rings is 2. The van der Waals surface area contributed by atoms with E-state index in [2.05, 4.69) is 22.1 Å². The smallest absolute Gasteiger partial charge is 0.270 e. The Morgan fingerprint density at radius 2 is 1.95 bits per heavy atom. The zero-order valence-corrected chi connectivity index (χ0v) is 20.8. The van der Waals surface area contributed by atoms with Crippen LogP contribution < -0.4 is 19.7 Å². The molecule has 0 saturated carbocycles. The van der Waals surface area contributed by atoms with Gasteiger partial charge in [-0.1, -0.05) is 11.8 Å². The van der Waals surface area contributed by atoms with Crippen molar-refractivity contribution in [2.75, 3.05) is 18.6 Å². The molecule has 0 aliphatic carbocycles. The highest BCUT2D eigenvalue weighted by Gasteiger charge is 2.31. The topological polar surface area (TPSA) is 80.8 Å². The minimum absolute atomic E-state index is 0.0584. The van der Waals surface area contributed by atoms with E-state index >= 15 is 0 Å². The number of likely N-dealkylation sites (N-methyl/N-ethyl adjacent to an activating group) is 1. The number of fused-ring (bicyclic) bond motifs is 1. The zero-order chi connectivity index (χ0) is 26.7. The lowest BCUT2D eigenvalue weighted by Crippen LogP contribution is -2.49. The maximum absolute atomic E-state index is 13.9. The lowest BCUT2D eigenvalue weighted by Gasteiger charge is -2.20. The van der Waals surface area contributed by atoms with Gasteiger partial charge in [0, 0.05) is 36.4 Å². The van der Waals surface area contributed by atoms with Crippen LogP contribution >= 0.6 is 0 Å². The van der Waals surface area contributed by atoms with Crippen molar-refractivity contribution in [2.24, 2.45) is 5.41 Å². The predicted octanol–water partition coefficient (Wildman–Crippen LogP) is 4.70. The van der Waals surface area contributed by atoms with Gasteiger partial charge >= 0.3 is 0 Å². The van der Waals surface area contributed by atoms with Crippen LogP contribution in [-0.4, -0.2) is 36.5 Å². The number of amides is 2. The number of nitrogens with zero attached hydrogens (tertiary/aromatic N) is 2. The highest BCUT2D eigenvalue weighted by atomic mass is 19.1. The van der Waals surface area contributed by atoms with E-state index in [-0.39, 0.29) is 35.1 Å². The van der Waals surface area contributed by atoms with E-state index in [1.807, 2.05) is 26.8 Å². The van der Waals surface area contributed by atoms with Crippen molar-refractivity contribution in [3.8, 4) is 29.1 Å². The lowest BCUT2D eigenvalue weighted by molar-refractivity contribution is -0.120. The Bertz CT molecular complexity index is 1420. The Morgan fingerprint density at radius 1 is 1.16 bits per heavy atom. The molecule has 0 bridgehead atoms. The van der Waals surface area contributed by atoms with Crippen LogP contribution in [0.3, 0.4) is 0 Å². The molecular formula is C28H25F2N3O4. The number of halogens is 2. The molecule has 1 aliphatic heterocycles. The first-order chi connectivity index (χ1) is 17.5. The summed E-state index contributed by atoms with van der Waals surface area (Å²) in [7, 11) is 1.60. The third-order valence-electron chi connectivity index (χ3n) is 5.33. The van der Waals surface area contributed by atoms with Crippen LogP contribution in [0, 0.1) is 28.9 Å². The van der Waals surface area contributed by atoms with E-state index in [1.54, 1.807) is 19.2 Å². The van der Waals surface area contributed by atoms with Gasteiger partial charge in [0.25, 0.3) is 11.8 Å². The predicted molar refractivity (Wildman–Crippen MR) is 134 cm³/mol. The van der Waals surface area contributed by atoms with Crippen molar-refractivity contribution in [2.45, 2.75) is 26.8 Å². The first-order valence-corrected chi connectivity index (χ1v) is 11.5. The Hall–Kier alpha value is -4.45. The van der Waals surface area contributed by atoms with Gasteiger partial charge in [0.15, 0.2) is 11.6 Å². The third-order valence-corrected chi connectivity index (χ3v) is 5.33. The molecule has 2 heterocycles. The molecule has 1 atom stereocenters. The van der Waals surface area contributed by atoms with Crippen molar-refractivity contribution >= 4 is 17.5 Å². The number of aromatic nitrogens is 1. The standard InChI is InChI=1S/C28H25F2N3O4/c1-28(2,3)11-9-17-5-7-25-23(13-17)33(4)27(35)22(16-36-25)32-26(34)21-15-19(10-12-31-21)37-24-8-6-18(29)14-20(24)30/h5-8,10,12-15,22H,16H2,1-4H3,(H,32,34). The number of nitrogens with one attached hydrogen (secondary N) is 1. The van der Waals surface area contributed by atoms with Gasteiger partial charge in [0.05, 0.1) is 5.69 Å². The summed E-state index contributed by atoms with van der Waals surface area (Å²) in [6, 6.07) is 9.93. The number of carbonyl (C=O) groups excluding carboxylic acids is 2. The van der Waals surface area contributed by atoms with E-state index in [0.717, 1.165) is 17.7 Å². The Labute approximate surface area is 213 Å². The van der Waals surface area contributed by atoms with Crippen LogP contribution in [0.2, 0.25) is 0 Å². The summed E-state index contributed by atoms with van der Waals surface area (Å²) in [5, 5.41) is 2.63. The van der Waals surface area contributed by atoms with Crippen LogP contribution in [0.1, 0.15) is 36.8 Å². The quantitative estimate of drug-likeness (QED) is 0.520. The molecule has 2 aromatic carbocycles. The fourth-order valence-electron chi connectivity index (χ4n) is 3.46. The molecule has 0 spiro atoms. The fourth-order valence-corrected chi connectivity index (χ4v) is 3.46. The molecular weight excluding hydrogens is 480 g/mol. The molecule has 190 valence electrons. The van der Waals surface area contributed by atoms with E-state index < -0.39 is 23.6 Å². The third kappa shape index (κ3) is 6.22. The fraction of sp³-hybridized carbons (Fsp3) is 0.250. The normalized spacial score (nSPS) is 15.0. The summed E-state index contributed by atoms with van der Waals surface area (Å²) >= 11 is 0. The second kappa shape index (κ2) is 10.3. The second-order valence-electron chi connectivity index (χ2n) is 9.47. The number of carbonyl (C=O) groups is 2. The Kier molecular flexibility index (Phi) is 7.11. The van der Waals surface area contributed by atoms with Gasteiger partial charge in [-0.15, -0.1) is 0 Å². The summed E-state index contributed by atoms with van der Waals surface area (Å²) in [5.74, 6) is 4.00. The lowest BCUT2D eigenvalue weighted by atomic mass is 9.97. The molecule has 7 nitrogen and oxygen atoms in total. The van der Waals surface area contributed by atoms with Crippen molar-refractivity contribution in [3.63, 3.8) is 0 Å². The van der Waals surface area contributed by atoms with Gasteiger partial charge in [-0.3, -0.25) is 14.6 Å². The van der Waals surface area contributed by atoms with Crippen LogP contribution in [0.5, 0.6) is 17.2 Å². The molecule has 1 aromatic heterocycles. The molecule has 0 radical (unpaired) electrons. The van der Waals surface area contributed by atoms with Gasteiger partial charge in [0.2, 0.25) is 0 Å². The average molecular weight is 506 g/mol. The Balaban J connectivity index is 1.49. The second-order valence-corrected chi connectivity index (χ2v) is 9.47. The number of hydrogen-bond donors (Lipinski definition) is 1. The van der Waals surface area contributed by atoms with Crippen molar-refractivity contribution in [1.82, 2.24) is 10.3 Å². The van der Waals surface area contributed by atoms with Crippen LogP contribution in [0.25, 0.3) is 0 Å². The van der Waals surface area contributed by atoms with Gasteiger partial charge < -0.3 is 19.7 Å². The highest BCUT2D eigenvalue weighted by molar-refractivity contribution is 6.03. The monoisotopic (exact) mass is 505 g/mol. The molecule has 9 heteroatoms. The molecule has 2 amide bonds. The van der Waals surface area contributed by atoms with E-state index in [0.29, 0.717) is 17.5 Å². The number of rotatable bonds is 4. The molecule has 1 N–H and O–H groups in total. The molecule has 1 aliphatic rings. The van der Waals surface area contributed by atoms with E-state index in [1.165, 1.54) is 23.2 Å². The van der Waals surface area contributed by atoms with Gasteiger partial charge in [-0.2, -0.15) is 0 Å². The molecule has 3 aromatic rings. The number of ether oxygens (including phenoxy) is 2. The minimum Gasteiger partial charge on any atom is -0.489 e. The van der Waals surface area contributed by atoms with Gasteiger partial charge in [-0.25, -0.2) is 8.78 Å². The van der Waals surface area contributed by atoms with Crippen molar-refractivity contribution < 1.29 is 27.8 Å². The van der Waals surface area contributed by atoms with Crippen molar-refractivity contribution in [1.29, 1.82) is 0 Å². The highest BCUT2D eigenvalue weighted by Crippen LogP contribution is 2.32. The summed E-state index contributed by atoms with van der Waals surface area (Å²) in [4.78, 5) is 31.5. The van der Waals surface area contributed by atoms with E-state index in [9.17, 15) is 18.4 Å². The van der Waals surface area contributed by atoms with Crippen LogP contribution in [-0.2, 0) is 4.79 Å². The first kappa shape index (κ1) is 25.6. The van der Waals surface area contributed by atoms with Crippen LogP contribution in [0.15, 0.2) is 54.7 Å². The minimum atomic E-state index is -0.991. The zero-order valence-electron chi connectivity index (χ0n) is 20.8. The SMILES string of the molecule is CN1C(=O)C(NC(=O)c2cc(Oc3ccc(F)cc3F)ccn2)COc2ccc(C#CC(C)(C)C)cc21. The Morgan fingerprint density at radius 3 is 2.68 bits per heavy atom. The maximum Gasteiger partial charge on any atom is 0.270 e. The van der Waals surface area contributed by atoms with Crippen molar-refractivity contribution in [3.05, 3.63) is 77.6 Å². The molecule has 4 rings (SSSR count). The number of anilines is 1. The van der Waals surface area contributed by atoms with Gasteiger partial charge in [0.1, 0.15) is 35.7 Å². The average Bonchev–Trinajstić information content (AvgIpc) is 2.96. The number of pyridine rings is 1. The van der Waals surface area contributed by atoms with Crippen LogP contribution in [0.4, 0.5) is 14.5 Å². The van der Waals surface area contributed by atoms with E-state index in [4.69, 9.17) is 9.47 Å². The molecule has 0 fully saturated rings. The van der Waals surface area contributed by atoms with Gasteiger partial charge in [-0.05, 0) is 57.2 Å². The number of hydrogen-bond acceptors (Lipinski definition) is 5. The summed E-state index contributed by atoms with van der Waals surface area (Å²) in [5.41, 5.74) is 1.04. The molecule has 1 unspecified atom stereocenters. The molecule has 37 heavy (non-hydrogen) atoms. The molecule has 0 saturated heterocycles. The summed E-state index contributed by atoms with van der Waals surface area (Å²) in [6.07, 6.45) is 1.30.